The van der Waals surface area contributed by atoms with Gasteiger partial charge in [0, 0.05) is 5.69 Å². The number of sulfonamides is 1. The zero-order chi connectivity index (χ0) is 10.9. The molecule has 0 saturated carbocycles. The van der Waals surface area contributed by atoms with Crippen LogP contribution in [0.2, 0.25) is 0 Å². The van der Waals surface area contributed by atoms with Crippen molar-refractivity contribution in [3.05, 3.63) is 22.9 Å². The first-order valence-corrected chi connectivity index (χ1v) is 5.32. The highest BCUT2D eigenvalue weighted by Gasteiger charge is 2.18. The Balaban J connectivity index is 3.68. The fourth-order valence-electron chi connectivity index (χ4n) is 1.14. The molecule has 0 aromatic carbocycles. The van der Waals surface area contributed by atoms with Gasteiger partial charge in [-0.2, -0.15) is 5.26 Å². The van der Waals surface area contributed by atoms with Crippen molar-refractivity contribution in [2.75, 3.05) is 0 Å². The maximum atomic E-state index is 11.1. The molecule has 6 heteroatoms. The van der Waals surface area contributed by atoms with Crippen LogP contribution in [0, 0.1) is 25.2 Å². The molecule has 0 spiro atoms. The topological polar surface area (TPSA) is 96.8 Å². The number of aromatic nitrogens is 1. The Morgan fingerprint density at radius 2 is 2.07 bits per heavy atom. The zero-order valence-electron chi connectivity index (χ0n) is 7.77. The van der Waals surface area contributed by atoms with Crippen LogP contribution in [0.1, 0.15) is 16.8 Å². The molecule has 74 valence electrons. The van der Waals surface area contributed by atoms with Gasteiger partial charge in [0.25, 0.3) is 10.0 Å². The molecule has 5 nitrogen and oxygen atoms in total. The lowest BCUT2D eigenvalue weighted by Gasteiger charge is -2.04. The number of hydrogen-bond donors (Lipinski definition) is 1. The van der Waals surface area contributed by atoms with Gasteiger partial charge < -0.3 is 0 Å². The van der Waals surface area contributed by atoms with Crippen molar-refractivity contribution in [3.63, 3.8) is 0 Å². The van der Waals surface area contributed by atoms with Crippen LogP contribution in [-0.4, -0.2) is 13.4 Å². The maximum absolute atomic E-state index is 11.1. The fraction of sp³-hybridized carbons (Fsp3) is 0.250. The third-order valence-electron chi connectivity index (χ3n) is 1.69. The van der Waals surface area contributed by atoms with Crippen molar-refractivity contribution >= 4 is 10.0 Å². The van der Waals surface area contributed by atoms with E-state index in [4.69, 9.17) is 10.4 Å². The molecule has 0 fully saturated rings. The number of primary sulfonamides is 1. The van der Waals surface area contributed by atoms with Gasteiger partial charge in [0.15, 0.2) is 5.03 Å². The molecule has 0 aliphatic heterocycles. The van der Waals surface area contributed by atoms with E-state index in [-0.39, 0.29) is 10.6 Å². The molecular weight excluding hydrogens is 202 g/mol. The number of pyridine rings is 1. The third kappa shape index (κ3) is 1.89. The van der Waals surface area contributed by atoms with Crippen LogP contribution >= 0.6 is 0 Å². The van der Waals surface area contributed by atoms with Crippen LogP contribution in [0.3, 0.4) is 0 Å². The molecule has 0 aliphatic carbocycles. The van der Waals surface area contributed by atoms with Gasteiger partial charge >= 0.3 is 0 Å². The summed E-state index contributed by atoms with van der Waals surface area (Å²) in [6, 6.07) is 3.41. The average Bonchev–Trinajstić information content (AvgIpc) is 2.01. The number of nitriles is 1. The van der Waals surface area contributed by atoms with Crippen molar-refractivity contribution in [2.24, 2.45) is 5.14 Å². The standard InChI is InChI=1S/C8H9N3O2S/c1-5-3-6(2)11-8(7(5)4-9)14(10,12)13/h3H,1-2H3,(H2,10,12,13). The third-order valence-corrected chi connectivity index (χ3v) is 2.53. The van der Waals surface area contributed by atoms with E-state index in [1.807, 2.05) is 0 Å². The molecule has 0 atom stereocenters. The van der Waals surface area contributed by atoms with Crippen LogP contribution in [0.25, 0.3) is 0 Å². The van der Waals surface area contributed by atoms with Crippen molar-refractivity contribution in [2.45, 2.75) is 18.9 Å². The summed E-state index contributed by atoms with van der Waals surface area (Å²) in [5, 5.41) is 13.3. The molecule has 0 bridgehead atoms. The minimum absolute atomic E-state index is 0.0121. The highest BCUT2D eigenvalue weighted by atomic mass is 32.2. The van der Waals surface area contributed by atoms with Gasteiger partial charge in [-0.05, 0) is 25.5 Å². The maximum Gasteiger partial charge on any atom is 0.256 e. The van der Waals surface area contributed by atoms with E-state index in [0.29, 0.717) is 11.3 Å². The van der Waals surface area contributed by atoms with Gasteiger partial charge in [-0.1, -0.05) is 0 Å². The lowest BCUT2D eigenvalue weighted by atomic mass is 10.1. The Labute approximate surface area is 82.2 Å². The Morgan fingerprint density at radius 3 is 2.50 bits per heavy atom. The normalized spacial score (nSPS) is 11.0. The molecular formula is C8H9N3O2S. The first kappa shape index (κ1) is 10.6. The smallest absolute Gasteiger partial charge is 0.239 e. The molecule has 0 amide bonds. The van der Waals surface area contributed by atoms with Crippen molar-refractivity contribution < 1.29 is 8.42 Å². The lowest BCUT2D eigenvalue weighted by molar-refractivity contribution is 0.593. The van der Waals surface area contributed by atoms with Gasteiger partial charge in [0.05, 0.1) is 5.56 Å². The predicted molar refractivity (Wildman–Crippen MR) is 49.8 cm³/mol. The molecule has 1 heterocycles. The van der Waals surface area contributed by atoms with Gasteiger partial charge in [0.2, 0.25) is 0 Å². The summed E-state index contributed by atoms with van der Waals surface area (Å²) in [4.78, 5) is 3.74. The highest BCUT2D eigenvalue weighted by Crippen LogP contribution is 2.15. The van der Waals surface area contributed by atoms with Gasteiger partial charge in [0.1, 0.15) is 6.07 Å². The SMILES string of the molecule is Cc1cc(C)c(C#N)c(S(N)(=O)=O)n1. The second-order valence-corrected chi connectivity index (χ2v) is 4.39. The second-order valence-electron chi connectivity index (χ2n) is 2.92. The van der Waals surface area contributed by atoms with E-state index in [1.54, 1.807) is 26.0 Å². The predicted octanol–water partition coefficient (Wildman–Crippen LogP) is 0.218. The first-order chi connectivity index (χ1) is 6.36. The van der Waals surface area contributed by atoms with Gasteiger partial charge in [-0.15, -0.1) is 0 Å². The van der Waals surface area contributed by atoms with E-state index >= 15 is 0 Å². The molecule has 1 aromatic rings. The molecule has 0 aliphatic rings. The Hall–Kier alpha value is -1.45. The number of nitrogens with zero attached hydrogens (tertiary/aromatic N) is 2. The minimum atomic E-state index is -3.92. The fourth-order valence-corrected chi connectivity index (χ4v) is 1.91. The molecule has 1 rings (SSSR count). The molecule has 14 heavy (non-hydrogen) atoms. The first-order valence-electron chi connectivity index (χ1n) is 3.77. The number of hydrogen-bond acceptors (Lipinski definition) is 4. The summed E-state index contributed by atoms with van der Waals surface area (Å²) in [5.74, 6) is 0. The second kappa shape index (κ2) is 3.36. The molecule has 0 radical (unpaired) electrons. The Morgan fingerprint density at radius 1 is 1.50 bits per heavy atom. The van der Waals surface area contributed by atoms with Crippen LogP contribution in [0.15, 0.2) is 11.1 Å². The van der Waals surface area contributed by atoms with Crippen molar-refractivity contribution in [3.8, 4) is 6.07 Å². The quantitative estimate of drug-likeness (QED) is 0.718. The van der Waals surface area contributed by atoms with E-state index in [9.17, 15) is 8.42 Å². The lowest BCUT2D eigenvalue weighted by Crippen LogP contribution is -2.17. The van der Waals surface area contributed by atoms with Crippen LogP contribution in [-0.2, 0) is 10.0 Å². The van der Waals surface area contributed by atoms with Crippen molar-refractivity contribution in [1.82, 2.24) is 4.98 Å². The monoisotopic (exact) mass is 211 g/mol. The zero-order valence-corrected chi connectivity index (χ0v) is 8.59. The highest BCUT2D eigenvalue weighted by molar-refractivity contribution is 7.89. The largest absolute Gasteiger partial charge is 0.256 e. The van der Waals surface area contributed by atoms with Gasteiger partial charge in [-0.3, -0.25) is 0 Å². The van der Waals surface area contributed by atoms with E-state index in [2.05, 4.69) is 4.98 Å². The Kier molecular flexibility index (Phi) is 2.55. The molecule has 1 aromatic heterocycles. The van der Waals surface area contributed by atoms with E-state index < -0.39 is 10.0 Å². The van der Waals surface area contributed by atoms with Crippen molar-refractivity contribution in [1.29, 1.82) is 5.26 Å². The summed E-state index contributed by atoms with van der Waals surface area (Å²) in [5.41, 5.74) is 1.09. The molecule has 2 N–H and O–H groups in total. The number of nitrogens with two attached hydrogens (primary N) is 1. The van der Waals surface area contributed by atoms with Crippen LogP contribution in [0.5, 0.6) is 0 Å². The summed E-state index contributed by atoms with van der Waals surface area (Å²) in [7, 11) is -3.92. The summed E-state index contributed by atoms with van der Waals surface area (Å²) < 4.78 is 22.2. The van der Waals surface area contributed by atoms with E-state index in [0.717, 1.165) is 0 Å². The summed E-state index contributed by atoms with van der Waals surface area (Å²) >= 11 is 0. The summed E-state index contributed by atoms with van der Waals surface area (Å²) in [6.45, 7) is 3.28. The minimum Gasteiger partial charge on any atom is -0.239 e. The van der Waals surface area contributed by atoms with Crippen LogP contribution < -0.4 is 5.14 Å². The van der Waals surface area contributed by atoms with Gasteiger partial charge in [-0.25, -0.2) is 18.5 Å². The average molecular weight is 211 g/mol. The summed E-state index contributed by atoms with van der Waals surface area (Å²) in [6.07, 6.45) is 0. The van der Waals surface area contributed by atoms with Crippen LogP contribution in [0.4, 0.5) is 0 Å². The number of rotatable bonds is 1. The molecule has 0 unspecified atom stereocenters. The number of aryl methyl sites for hydroxylation is 2. The van der Waals surface area contributed by atoms with E-state index in [1.165, 1.54) is 0 Å². The molecule has 0 saturated heterocycles. The Bertz CT molecular complexity index is 514.